The zero-order valence-corrected chi connectivity index (χ0v) is 17.5. The van der Waals surface area contributed by atoms with E-state index in [1.165, 1.54) is 0 Å². The summed E-state index contributed by atoms with van der Waals surface area (Å²) in [6.45, 7) is 1.94. The lowest BCUT2D eigenvalue weighted by molar-refractivity contribution is 0.203. The molecular weight excluding hydrogens is 447 g/mol. The van der Waals surface area contributed by atoms with Gasteiger partial charge in [0.2, 0.25) is 5.88 Å². The molecule has 142 valence electrons. The van der Waals surface area contributed by atoms with Crippen molar-refractivity contribution in [2.75, 3.05) is 34.4 Å². The molecule has 0 unspecified atom stereocenters. The number of benzene rings is 1. The van der Waals surface area contributed by atoms with Gasteiger partial charge in [0.1, 0.15) is 11.5 Å². The number of aliphatic imine (C=N–C) groups is 1. The topological polar surface area (TPSA) is 77.0 Å². The standard InChI is InChI=1S/C18H24N4O3.HI/c1-19-18(20-10-11-23-2)22-13-14-4-9-17(21-12-14)25-16-7-5-15(24-3)6-8-16;/h4-9,12H,10-11,13H2,1-3H3,(H2,19,20,22);1H. The van der Waals surface area contributed by atoms with Crippen molar-refractivity contribution in [2.45, 2.75) is 6.54 Å². The number of ether oxygens (including phenoxy) is 3. The fourth-order valence-electron chi connectivity index (χ4n) is 2.02. The second kappa shape index (κ2) is 12.3. The highest BCUT2D eigenvalue weighted by atomic mass is 127. The minimum atomic E-state index is 0. The Kier molecular flexibility index (Phi) is 10.4. The van der Waals surface area contributed by atoms with Crippen LogP contribution >= 0.6 is 24.0 Å². The summed E-state index contributed by atoms with van der Waals surface area (Å²) in [5.74, 6) is 2.75. The molecule has 0 fully saturated rings. The normalized spacial score (nSPS) is 10.7. The first-order valence-electron chi connectivity index (χ1n) is 7.95. The molecule has 2 N–H and O–H groups in total. The summed E-state index contributed by atoms with van der Waals surface area (Å²) >= 11 is 0. The first-order chi connectivity index (χ1) is 12.2. The van der Waals surface area contributed by atoms with Crippen LogP contribution in [0.2, 0.25) is 0 Å². The summed E-state index contributed by atoms with van der Waals surface area (Å²) in [5.41, 5.74) is 1.02. The van der Waals surface area contributed by atoms with Crippen LogP contribution in [-0.2, 0) is 11.3 Å². The molecule has 2 rings (SSSR count). The van der Waals surface area contributed by atoms with Crippen LogP contribution in [0.15, 0.2) is 47.6 Å². The number of hydrogen-bond donors (Lipinski definition) is 2. The molecule has 0 atom stereocenters. The third-order valence-corrected chi connectivity index (χ3v) is 3.36. The molecule has 0 saturated carbocycles. The Hall–Kier alpha value is -2.07. The van der Waals surface area contributed by atoms with Crippen LogP contribution in [0.4, 0.5) is 0 Å². The van der Waals surface area contributed by atoms with Gasteiger partial charge in [-0.1, -0.05) is 6.07 Å². The van der Waals surface area contributed by atoms with E-state index in [1.807, 2.05) is 36.4 Å². The number of rotatable bonds is 8. The highest BCUT2D eigenvalue weighted by molar-refractivity contribution is 14.0. The van der Waals surface area contributed by atoms with Gasteiger partial charge >= 0.3 is 0 Å². The Morgan fingerprint density at radius 2 is 1.77 bits per heavy atom. The van der Waals surface area contributed by atoms with Crippen molar-refractivity contribution >= 4 is 29.9 Å². The van der Waals surface area contributed by atoms with E-state index < -0.39 is 0 Å². The van der Waals surface area contributed by atoms with Crippen LogP contribution < -0.4 is 20.1 Å². The summed E-state index contributed by atoms with van der Waals surface area (Å²) in [5, 5.41) is 6.37. The largest absolute Gasteiger partial charge is 0.497 e. The van der Waals surface area contributed by atoms with E-state index in [-0.39, 0.29) is 24.0 Å². The number of halogens is 1. The van der Waals surface area contributed by atoms with E-state index in [9.17, 15) is 0 Å². The lowest BCUT2D eigenvalue weighted by Gasteiger charge is -2.11. The van der Waals surface area contributed by atoms with Crippen molar-refractivity contribution in [3.63, 3.8) is 0 Å². The lowest BCUT2D eigenvalue weighted by Crippen LogP contribution is -2.38. The fourth-order valence-corrected chi connectivity index (χ4v) is 2.02. The molecule has 1 aromatic carbocycles. The van der Waals surface area contributed by atoms with Crippen molar-refractivity contribution in [3.05, 3.63) is 48.2 Å². The van der Waals surface area contributed by atoms with Gasteiger partial charge in [0.15, 0.2) is 5.96 Å². The number of guanidine groups is 1. The Morgan fingerprint density at radius 1 is 1.04 bits per heavy atom. The van der Waals surface area contributed by atoms with Crippen LogP contribution in [-0.4, -0.2) is 45.4 Å². The van der Waals surface area contributed by atoms with Gasteiger partial charge in [0.25, 0.3) is 0 Å². The zero-order valence-electron chi connectivity index (χ0n) is 15.2. The average molecular weight is 472 g/mol. The predicted molar refractivity (Wildman–Crippen MR) is 113 cm³/mol. The van der Waals surface area contributed by atoms with Crippen molar-refractivity contribution in [1.29, 1.82) is 0 Å². The van der Waals surface area contributed by atoms with Crippen LogP contribution in [0.25, 0.3) is 0 Å². The molecule has 0 aliphatic rings. The molecule has 0 amide bonds. The number of nitrogens with one attached hydrogen (secondary N) is 2. The maximum atomic E-state index is 5.71. The summed E-state index contributed by atoms with van der Waals surface area (Å²) in [7, 11) is 5.03. The van der Waals surface area contributed by atoms with Crippen LogP contribution in [0, 0.1) is 0 Å². The van der Waals surface area contributed by atoms with E-state index in [4.69, 9.17) is 14.2 Å². The third-order valence-electron chi connectivity index (χ3n) is 3.36. The molecule has 1 aromatic heterocycles. The minimum absolute atomic E-state index is 0. The molecule has 2 aromatic rings. The molecule has 0 aliphatic carbocycles. The predicted octanol–water partition coefficient (Wildman–Crippen LogP) is 2.81. The molecule has 0 saturated heterocycles. The summed E-state index contributed by atoms with van der Waals surface area (Å²) < 4.78 is 15.8. The first-order valence-corrected chi connectivity index (χ1v) is 7.95. The smallest absolute Gasteiger partial charge is 0.219 e. The molecule has 7 nitrogen and oxygen atoms in total. The van der Waals surface area contributed by atoms with Crippen molar-refractivity contribution in [2.24, 2.45) is 4.99 Å². The van der Waals surface area contributed by atoms with Gasteiger partial charge in [-0.2, -0.15) is 0 Å². The number of aromatic nitrogens is 1. The monoisotopic (exact) mass is 472 g/mol. The molecule has 1 heterocycles. The van der Waals surface area contributed by atoms with E-state index >= 15 is 0 Å². The van der Waals surface area contributed by atoms with Gasteiger partial charge in [0, 0.05) is 39.5 Å². The van der Waals surface area contributed by atoms with Gasteiger partial charge in [-0.15, -0.1) is 24.0 Å². The highest BCUT2D eigenvalue weighted by Gasteiger charge is 2.02. The second-order valence-electron chi connectivity index (χ2n) is 5.13. The SMILES string of the molecule is CN=C(NCCOC)NCc1ccc(Oc2ccc(OC)cc2)nc1.I. The number of methoxy groups -OCH3 is 2. The Balaban J connectivity index is 0.00000338. The van der Waals surface area contributed by atoms with Crippen LogP contribution in [0.1, 0.15) is 5.56 Å². The summed E-state index contributed by atoms with van der Waals surface area (Å²) in [4.78, 5) is 8.47. The van der Waals surface area contributed by atoms with Gasteiger partial charge in [0.05, 0.1) is 13.7 Å². The number of hydrogen-bond acceptors (Lipinski definition) is 5. The van der Waals surface area contributed by atoms with E-state index in [2.05, 4.69) is 20.6 Å². The summed E-state index contributed by atoms with van der Waals surface area (Å²) in [6.07, 6.45) is 1.77. The number of nitrogens with zero attached hydrogens (tertiary/aromatic N) is 2. The molecular formula is C18H25IN4O3. The maximum Gasteiger partial charge on any atom is 0.219 e. The molecule has 26 heavy (non-hydrogen) atoms. The van der Waals surface area contributed by atoms with Gasteiger partial charge in [-0.3, -0.25) is 4.99 Å². The van der Waals surface area contributed by atoms with Gasteiger partial charge < -0.3 is 24.8 Å². The van der Waals surface area contributed by atoms with E-state index in [0.717, 1.165) is 17.3 Å². The Morgan fingerprint density at radius 3 is 2.35 bits per heavy atom. The second-order valence-corrected chi connectivity index (χ2v) is 5.13. The molecule has 0 radical (unpaired) electrons. The molecule has 8 heteroatoms. The quantitative estimate of drug-likeness (QED) is 0.267. The molecule has 0 spiro atoms. The summed E-state index contributed by atoms with van der Waals surface area (Å²) in [6, 6.07) is 11.2. The zero-order chi connectivity index (χ0) is 17.9. The average Bonchev–Trinajstić information content (AvgIpc) is 2.66. The van der Waals surface area contributed by atoms with Crippen LogP contribution in [0.5, 0.6) is 17.4 Å². The molecule has 0 aliphatic heterocycles. The van der Waals surface area contributed by atoms with Gasteiger partial charge in [-0.25, -0.2) is 4.98 Å². The van der Waals surface area contributed by atoms with Crippen molar-refractivity contribution in [1.82, 2.24) is 15.6 Å². The third kappa shape index (κ3) is 7.44. The first kappa shape index (κ1) is 22.0. The Bertz CT molecular complexity index is 663. The van der Waals surface area contributed by atoms with E-state index in [0.29, 0.717) is 31.3 Å². The number of pyridine rings is 1. The van der Waals surface area contributed by atoms with Crippen LogP contribution in [0.3, 0.4) is 0 Å². The highest BCUT2D eigenvalue weighted by Crippen LogP contribution is 2.22. The van der Waals surface area contributed by atoms with Crippen molar-refractivity contribution < 1.29 is 14.2 Å². The lowest BCUT2D eigenvalue weighted by atomic mass is 10.3. The molecule has 0 bridgehead atoms. The minimum Gasteiger partial charge on any atom is -0.497 e. The van der Waals surface area contributed by atoms with E-state index in [1.54, 1.807) is 27.5 Å². The fraction of sp³-hybridized carbons (Fsp3) is 0.333. The van der Waals surface area contributed by atoms with Crippen molar-refractivity contribution in [3.8, 4) is 17.4 Å². The van der Waals surface area contributed by atoms with Gasteiger partial charge in [-0.05, 0) is 29.8 Å². The Labute approximate surface area is 171 Å². The maximum absolute atomic E-state index is 5.71.